The zero-order chi connectivity index (χ0) is 10.3. The summed E-state index contributed by atoms with van der Waals surface area (Å²) in [5.41, 5.74) is -0.578. The first-order valence-electron chi connectivity index (χ1n) is 3.99. The Bertz CT molecular complexity index is 245. The van der Waals surface area contributed by atoms with Crippen LogP contribution in [-0.2, 0) is 9.53 Å². The van der Waals surface area contributed by atoms with Crippen molar-refractivity contribution in [2.75, 3.05) is 13.7 Å². The summed E-state index contributed by atoms with van der Waals surface area (Å²) in [7, 11) is 1.55. The Balaban J connectivity index is 4.09. The van der Waals surface area contributed by atoms with Gasteiger partial charge in [-0.1, -0.05) is 12.0 Å². The zero-order valence-electron chi connectivity index (χ0n) is 8.31. The normalized spacial score (nSPS) is 9.77. The molecule has 0 spiro atoms. The highest BCUT2D eigenvalue weighted by molar-refractivity contribution is 5.93. The van der Waals surface area contributed by atoms with E-state index in [9.17, 15) is 4.79 Å². The topological polar surface area (TPSA) is 38.3 Å². The minimum atomic E-state index is -0.578. The van der Waals surface area contributed by atoms with E-state index < -0.39 is 5.60 Å². The van der Waals surface area contributed by atoms with Gasteiger partial charge in [-0.3, -0.25) is 4.79 Å². The molecule has 0 aliphatic carbocycles. The van der Waals surface area contributed by atoms with Crippen molar-refractivity contribution >= 4 is 5.91 Å². The van der Waals surface area contributed by atoms with Gasteiger partial charge in [-0.25, -0.2) is 0 Å². The fourth-order valence-electron chi connectivity index (χ4n) is 0.467. The second kappa shape index (κ2) is 5.39. The Kier molecular flexibility index (Phi) is 4.86. The largest absolute Gasteiger partial charge is 0.366 e. The van der Waals surface area contributed by atoms with Crippen molar-refractivity contribution in [1.29, 1.82) is 0 Å². The summed E-state index contributed by atoms with van der Waals surface area (Å²) in [5, 5.41) is 2.54. The van der Waals surface area contributed by atoms with E-state index >= 15 is 0 Å². The highest BCUT2D eigenvalue weighted by Gasteiger charge is 2.11. The molecule has 0 saturated heterocycles. The van der Waals surface area contributed by atoms with Crippen molar-refractivity contribution in [3.8, 4) is 11.8 Å². The van der Waals surface area contributed by atoms with Crippen molar-refractivity contribution in [1.82, 2.24) is 5.32 Å². The van der Waals surface area contributed by atoms with E-state index in [2.05, 4.69) is 23.7 Å². The Morgan fingerprint density at radius 2 is 2.31 bits per heavy atom. The van der Waals surface area contributed by atoms with Gasteiger partial charge in [0, 0.05) is 13.7 Å². The molecule has 0 aliphatic heterocycles. The molecule has 0 saturated carbocycles. The van der Waals surface area contributed by atoms with Gasteiger partial charge in [-0.2, -0.15) is 0 Å². The summed E-state index contributed by atoms with van der Waals surface area (Å²) >= 11 is 0. The third-order valence-electron chi connectivity index (χ3n) is 1.39. The van der Waals surface area contributed by atoms with Crippen molar-refractivity contribution in [2.45, 2.75) is 19.4 Å². The van der Waals surface area contributed by atoms with E-state index in [-0.39, 0.29) is 5.91 Å². The van der Waals surface area contributed by atoms with Crippen LogP contribution in [0.5, 0.6) is 0 Å². The lowest BCUT2D eigenvalue weighted by Gasteiger charge is -2.13. The van der Waals surface area contributed by atoms with Gasteiger partial charge in [0.15, 0.2) is 0 Å². The Labute approximate surface area is 79.2 Å². The number of carbonyl (C=O) groups excluding carboxylic acids is 1. The first kappa shape index (κ1) is 11.7. The van der Waals surface area contributed by atoms with Gasteiger partial charge in [0.25, 0.3) is 5.91 Å². The van der Waals surface area contributed by atoms with Crippen LogP contribution in [0, 0.1) is 11.8 Å². The molecular formula is C10H15NO2. The molecule has 0 aliphatic rings. The summed E-state index contributed by atoms with van der Waals surface area (Å²) in [6.45, 7) is 7.49. The lowest BCUT2D eigenvalue weighted by Crippen LogP contribution is -2.24. The Morgan fingerprint density at radius 1 is 1.69 bits per heavy atom. The van der Waals surface area contributed by atoms with Gasteiger partial charge in [0.05, 0.1) is 0 Å². The monoisotopic (exact) mass is 181 g/mol. The number of nitrogens with one attached hydrogen (secondary N) is 1. The zero-order valence-corrected chi connectivity index (χ0v) is 8.31. The van der Waals surface area contributed by atoms with Gasteiger partial charge in [0.1, 0.15) is 5.60 Å². The molecule has 3 nitrogen and oxygen atoms in total. The third-order valence-corrected chi connectivity index (χ3v) is 1.39. The summed E-state index contributed by atoms with van der Waals surface area (Å²) in [4.78, 5) is 11.0. The standard InChI is InChI=1S/C10H15NO2/c1-5-8-11-9(12)6-7-10(2,3)13-4/h5H,1,8H2,2-4H3,(H,11,12). The van der Waals surface area contributed by atoms with Gasteiger partial charge in [-0.05, 0) is 19.8 Å². The van der Waals surface area contributed by atoms with E-state index in [1.807, 2.05) is 0 Å². The maximum Gasteiger partial charge on any atom is 0.296 e. The average molecular weight is 181 g/mol. The van der Waals surface area contributed by atoms with Gasteiger partial charge < -0.3 is 10.1 Å². The molecule has 0 radical (unpaired) electrons. The molecule has 0 aromatic heterocycles. The second-order valence-electron chi connectivity index (χ2n) is 2.96. The molecule has 0 rings (SSSR count). The molecule has 3 heteroatoms. The quantitative estimate of drug-likeness (QED) is 0.514. The molecule has 1 N–H and O–H groups in total. The van der Waals surface area contributed by atoms with E-state index in [0.717, 1.165) is 0 Å². The molecule has 0 unspecified atom stereocenters. The third kappa shape index (κ3) is 5.94. The maximum absolute atomic E-state index is 11.0. The molecule has 0 atom stereocenters. The number of hydrogen-bond donors (Lipinski definition) is 1. The predicted octanol–water partition coefficient (Wildman–Crippen LogP) is 0.717. The number of hydrogen-bond acceptors (Lipinski definition) is 2. The number of amides is 1. The van der Waals surface area contributed by atoms with Crippen molar-refractivity contribution in [3.05, 3.63) is 12.7 Å². The maximum atomic E-state index is 11.0. The van der Waals surface area contributed by atoms with Crippen molar-refractivity contribution in [3.63, 3.8) is 0 Å². The second-order valence-corrected chi connectivity index (χ2v) is 2.96. The van der Waals surface area contributed by atoms with Gasteiger partial charge >= 0.3 is 0 Å². The van der Waals surface area contributed by atoms with Crippen LogP contribution in [0.25, 0.3) is 0 Å². The van der Waals surface area contributed by atoms with Crippen LogP contribution in [0.3, 0.4) is 0 Å². The highest BCUT2D eigenvalue weighted by atomic mass is 16.5. The number of methoxy groups -OCH3 is 1. The SMILES string of the molecule is C=CCNC(=O)C#CC(C)(C)OC. The minimum Gasteiger partial charge on any atom is -0.366 e. The smallest absolute Gasteiger partial charge is 0.296 e. The number of carbonyl (C=O) groups is 1. The van der Waals surface area contributed by atoms with Crippen LogP contribution in [0.4, 0.5) is 0 Å². The van der Waals surface area contributed by atoms with E-state index in [1.165, 1.54) is 0 Å². The van der Waals surface area contributed by atoms with Gasteiger partial charge in [-0.15, -0.1) is 6.58 Å². The van der Waals surface area contributed by atoms with Crippen LogP contribution in [0.2, 0.25) is 0 Å². The molecule has 13 heavy (non-hydrogen) atoms. The molecule has 0 aromatic carbocycles. The lowest BCUT2D eigenvalue weighted by molar-refractivity contribution is -0.115. The minimum absolute atomic E-state index is 0.315. The Hall–Kier alpha value is -1.27. The molecular weight excluding hydrogens is 166 g/mol. The number of rotatable bonds is 3. The first-order valence-corrected chi connectivity index (χ1v) is 3.99. The first-order chi connectivity index (χ1) is 6.02. The predicted molar refractivity (Wildman–Crippen MR) is 52.1 cm³/mol. The molecule has 0 heterocycles. The molecule has 0 bridgehead atoms. The van der Waals surface area contributed by atoms with Crippen LogP contribution >= 0.6 is 0 Å². The van der Waals surface area contributed by atoms with E-state index in [1.54, 1.807) is 27.0 Å². The van der Waals surface area contributed by atoms with Crippen LogP contribution < -0.4 is 5.32 Å². The molecule has 1 amide bonds. The average Bonchev–Trinajstić information content (AvgIpc) is 2.11. The van der Waals surface area contributed by atoms with Crippen molar-refractivity contribution in [2.24, 2.45) is 0 Å². The Morgan fingerprint density at radius 3 is 2.77 bits per heavy atom. The summed E-state index contributed by atoms with van der Waals surface area (Å²) in [5.74, 6) is 4.82. The summed E-state index contributed by atoms with van der Waals surface area (Å²) in [6.07, 6.45) is 1.60. The fourth-order valence-corrected chi connectivity index (χ4v) is 0.467. The molecule has 0 fully saturated rings. The highest BCUT2D eigenvalue weighted by Crippen LogP contribution is 2.03. The van der Waals surface area contributed by atoms with E-state index in [0.29, 0.717) is 6.54 Å². The van der Waals surface area contributed by atoms with Crippen LogP contribution in [0.15, 0.2) is 12.7 Å². The molecule has 72 valence electrons. The van der Waals surface area contributed by atoms with Crippen LogP contribution in [-0.4, -0.2) is 25.2 Å². The fraction of sp³-hybridized carbons (Fsp3) is 0.500. The summed E-state index contributed by atoms with van der Waals surface area (Å²) in [6, 6.07) is 0. The van der Waals surface area contributed by atoms with E-state index in [4.69, 9.17) is 4.74 Å². The summed E-state index contributed by atoms with van der Waals surface area (Å²) < 4.78 is 5.02. The molecule has 0 aromatic rings. The van der Waals surface area contributed by atoms with Crippen molar-refractivity contribution < 1.29 is 9.53 Å². The van der Waals surface area contributed by atoms with Crippen LogP contribution in [0.1, 0.15) is 13.8 Å². The number of ether oxygens (including phenoxy) is 1. The van der Waals surface area contributed by atoms with Gasteiger partial charge in [0.2, 0.25) is 0 Å². The lowest BCUT2D eigenvalue weighted by atomic mass is 10.1.